The van der Waals surface area contributed by atoms with Gasteiger partial charge in [-0.15, -0.1) is 0 Å². The maximum absolute atomic E-state index is 14.0. The SMILES string of the molecule is Fc1cc(N2CCCC2)ccc1OCc1cccnc1. The standard InChI is InChI=1S/C16H17FN2O/c17-15-10-14(19-8-1-2-9-19)5-6-16(15)20-12-13-4-3-7-18-11-13/h3-7,10-11H,1-2,8-9,12H2. The number of ether oxygens (including phenoxy) is 1. The Labute approximate surface area is 118 Å². The first-order valence-corrected chi connectivity index (χ1v) is 6.89. The van der Waals surface area contributed by atoms with E-state index in [1.54, 1.807) is 24.5 Å². The summed E-state index contributed by atoms with van der Waals surface area (Å²) in [6, 6.07) is 8.94. The molecule has 0 atom stereocenters. The first kappa shape index (κ1) is 12.9. The minimum Gasteiger partial charge on any atom is -0.486 e. The van der Waals surface area contributed by atoms with Gasteiger partial charge in [-0.1, -0.05) is 6.07 Å². The second kappa shape index (κ2) is 5.90. The molecule has 0 N–H and O–H groups in total. The van der Waals surface area contributed by atoms with Crippen LogP contribution in [-0.4, -0.2) is 18.1 Å². The minimum absolute atomic E-state index is 0.289. The predicted molar refractivity (Wildman–Crippen MR) is 76.4 cm³/mol. The molecular formula is C16H17FN2O. The molecule has 1 fully saturated rings. The van der Waals surface area contributed by atoms with Crippen LogP contribution in [0.25, 0.3) is 0 Å². The summed E-state index contributed by atoms with van der Waals surface area (Å²) in [6.07, 6.45) is 5.78. The number of pyridine rings is 1. The number of halogens is 1. The molecule has 1 saturated heterocycles. The van der Waals surface area contributed by atoms with Gasteiger partial charge in [-0.3, -0.25) is 4.98 Å². The molecule has 1 aliphatic rings. The van der Waals surface area contributed by atoms with Crippen molar-refractivity contribution >= 4 is 5.69 Å². The Kier molecular flexibility index (Phi) is 3.81. The summed E-state index contributed by atoms with van der Waals surface area (Å²) < 4.78 is 19.5. The Morgan fingerprint density at radius 2 is 2.05 bits per heavy atom. The van der Waals surface area contributed by atoms with Gasteiger partial charge in [-0.05, 0) is 31.0 Å². The molecule has 104 valence electrons. The zero-order valence-electron chi connectivity index (χ0n) is 11.3. The van der Waals surface area contributed by atoms with Crippen molar-refractivity contribution in [1.29, 1.82) is 0 Å². The molecule has 2 aromatic rings. The molecule has 0 aliphatic carbocycles. The number of nitrogens with zero attached hydrogens (tertiary/aromatic N) is 2. The Morgan fingerprint density at radius 3 is 2.75 bits per heavy atom. The quantitative estimate of drug-likeness (QED) is 0.853. The lowest BCUT2D eigenvalue weighted by Gasteiger charge is -2.18. The molecule has 1 aromatic heterocycles. The largest absolute Gasteiger partial charge is 0.486 e. The normalized spacial score (nSPS) is 14.6. The highest BCUT2D eigenvalue weighted by atomic mass is 19.1. The van der Waals surface area contributed by atoms with E-state index in [0.717, 1.165) is 24.3 Å². The monoisotopic (exact) mass is 272 g/mol. The molecule has 1 aliphatic heterocycles. The van der Waals surface area contributed by atoms with Gasteiger partial charge in [0, 0.05) is 42.8 Å². The zero-order valence-corrected chi connectivity index (χ0v) is 11.3. The second-order valence-corrected chi connectivity index (χ2v) is 4.96. The fourth-order valence-corrected chi connectivity index (χ4v) is 2.42. The third-order valence-electron chi connectivity index (χ3n) is 3.50. The molecule has 0 saturated carbocycles. The van der Waals surface area contributed by atoms with Crippen LogP contribution in [0.15, 0.2) is 42.7 Å². The number of hydrogen-bond acceptors (Lipinski definition) is 3. The van der Waals surface area contributed by atoms with Gasteiger partial charge in [0.2, 0.25) is 0 Å². The summed E-state index contributed by atoms with van der Waals surface area (Å²) in [5.74, 6) is -0.0184. The summed E-state index contributed by atoms with van der Waals surface area (Å²) in [5, 5.41) is 0. The van der Waals surface area contributed by atoms with Crippen LogP contribution in [0.5, 0.6) is 5.75 Å². The highest BCUT2D eigenvalue weighted by Gasteiger charge is 2.14. The van der Waals surface area contributed by atoms with Crippen LogP contribution >= 0.6 is 0 Å². The molecule has 0 bridgehead atoms. The number of benzene rings is 1. The van der Waals surface area contributed by atoms with E-state index in [4.69, 9.17) is 4.74 Å². The van der Waals surface area contributed by atoms with E-state index in [-0.39, 0.29) is 11.6 Å². The van der Waals surface area contributed by atoms with Crippen molar-refractivity contribution in [3.63, 3.8) is 0 Å². The smallest absolute Gasteiger partial charge is 0.167 e. The van der Waals surface area contributed by atoms with Crippen molar-refractivity contribution in [3.8, 4) is 5.75 Å². The molecule has 0 spiro atoms. The molecular weight excluding hydrogens is 255 g/mol. The molecule has 20 heavy (non-hydrogen) atoms. The van der Waals surface area contributed by atoms with Gasteiger partial charge in [0.15, 0.2) is 11.6 Å². The van der Waals surface area contributed by atoms with Crippen molar-refractivity contribution in [1.82, 2.24) is 4.98 Å². The third-order valence-corrected chi connectivity index (χ3v) is 3.50. The molecule has 0 unspecified atom stereocenters. The van der Waals surface area contributed by atoms with Crippen LogP contribution in [0, 0.1) is 5.82 Å². The summed E-state index contributed by atoms with van der Waals surface area (Å²) >= 11 is 0. The van der Waals surface area contributed by atoms with Crippen molar-refractivity contribution in [2.75, 3.05) is 18.0 Å². The highest BCUT2D eigenvalue weighted by Crippen LogP contribution is 2.26. The number of hydrogen-bond donors (Lipinski definition) is 0. The van der Waals surface area contributed by atoms with E-state index in [0.29, 0.717) is 6.61 Å². The average Bonchev–Trinajstić information content (AvgIpc) is 3.01. The van der Waals surface area contributed by atoms with E-state index < -0.39 is 0 Å². The Morgan fingerprint density at radius 1 is 1.20 bits per heavy atom. The van der Waals surface area contributed by atoms with E-state index in [2.05, 4.69) is 9.88 Å². The summed E-state index contributed by atoms with van der Waals surface area (Å²) in [7, 11) is 0. The molecule has 0 radical (unpaired) electrons. The van der Waals surface area contributed by atoms with Gasteiger partial charge in [0.1, 0.15) is 6.61 Å². The first-order chi connectivity index (χ1) is 9.83. The Hall–Kier alpha value is -2.10. The summed E-state index contributed by atoms with van der Waals surface area (Å²) in [4.78, 5) is 6.21. The summed E-state index contributed by atoms with van der Waals surface area (Å²) in [5.41, 5.74) is 1.87. The molecule has 3 rings (SSSR count). The Bertz CT molecular complexity index is 568. The first-order valence-electron chi connectivity index (χ1n) is 6.89. The van der Waals surface area contributed by atoms with Crippen molar-refractivity contribution in [2.24, 2.45) is 0 Å². The van der Waals surface area contributed by atoms with Crippen molar-refractivity contribution in [2.45, 2.75) is 19.4 Å². The zero-order chi connectivity index (χ0) is 13.8. The molecule has 3 nitrogen and oxygen atoms in total. The van der Waals surface area contributed by atoms with Crippen LogP contribution in [0.2, 0.25) is 0 Å². The molecule has 0 amide bonds. The van der Waals surface area contributed by atoms with Crippen molar-refractivity contribution in [3.05, 3.63) is 54.1 Å². The minimum atomic E-state index is -0.307. The highest BCUT2D eigenvalue weighted by molar-refractivity contribution is 5.50. The number of aromatic nitrogens is 1. The lowest BCUT2D eigenvalue weighted by molar-refractivity contribution is 0.290. The van der Waals surface area contributed by atoms with Gasteiger partial charge >= 0.3 is 0 Å². The lowest BCUT2D eigenvalue weighted by Crippen LogP contribution is -2.17. The van der Waals surface area contributed by atoms with Gasteiger partial charge < -0.3 is 9.64 Å². The van der Waals surface area contributed by atoms with Crippen LogP contribution in [-0.2, 0) is 6.61 Å². The fraction of sp³-hybridized carbons (Fsp3) is 0.312. The second-order valence-electron chi connectivity index (χ2n) is 4.96. The predicted octanol–water partition coefficient (Wildman–Crippen LogP) is 3.40. The van der Waals surface area contributed by atoms with Gasteiger partial charge in [0.25, 0.3) is 0 Å². The van der Waals surface area contributed by atoms with Gasteiger partial charge in [0.05, 0.1) is 0 Å². The fourth-order valence-electron chi connectivity index (χ4n) is 2.42. The summed E-state index contributed by atoms with van der Waals surface area (Å²) in [6.45, 7) is 2.35. The molecule has 1 aromatic carbocycles. The van der Waals surface area contributed by atoms with Crippen LogP contribution < -0.4 is 9.64 Å². The van der Waals surface area contributed by atoms with E-state index >= 15 is 0 Å². The van der Waals surface area contributed by atoms with Crippen molar-refractivity contribution < 1.29 is 9.13 Å². The number of anilines is 1. The maximum Gasteiger partial charge on any atom is 0.167 e. The van der Waals surface area contributed by atoms with Crippen LogP contribution in [0.1, 0.15) is 18.4 Å². The Balaban J connectivity index is 1.68. The maximum atomic E-state index is 14.0. The average molecular weight is 272 g/mol. The third kappa shape index (κ3) is 2.90. The topological polar surface area (TPSA) is 25.4 Å². The lowest BCUT2D eigenvalue weighted by atomic mass is 10.2. The molecule has 2 heterocycles. The number of rotatable bonds is 4. The van der Waals surface area contributed by atoms with Gasteiger partial charge in [-0.2, -0.15) is 0 Å². The van der Waals surface area contributed by atoms with E-state index in [1.165, 1.54) is 12.8 Å². The van der Waals surface area contributed by atoms with E-state index in [9.17, 15) is 4.39 Å². The van der Waals surface area contributed by atoms with Crippen LogP contribution in [0.4, 0.5) is 10.1 Å². The van der Waals surface area contributed by atoms with Crippen LogP contribution in [0.3, 0.4) is 0 Å². The van der Waals surface area contributed by atoms with Gasteiger partial charge in [-0.25, -0.2) is 4.39 Å². The molecule has 4 heteroatoms. The van der Waals surface area contributed by atoms with E-state index in [1.807, 2.05) is 18.2 Å².